The molecule has 7 nitrogen and oxygen atoms in total. The minimum Gasteiger partial charge on any atom is -0.380 e. The number of pyridine rings is 1. The molecular weight excluding hydrogens is 381 g/mol. The van der Waals surface area contributed by atoms with Gasteiger partial charge in [0.1, 0.15) is 5.82 Å². The largest absolute Gasteiger partial charge is 0.380 e. The Morgan fingerprint density at radius 2 is 2.32 bits per heavy atom. The molecule has 1 aliphatic rings. The normalized spacial score (nSPS) is 19.5. The van der Waals surface area contributed by atoms with Crippen molar-refractivity contribution in [3.05, 3.63) is 41.3 Å². The number of rotatable bonds is 5. The van der Waals surface area contributed by atoms with Crippen molar-refractivity contribution in [2.24, 2.45) is 0 Å². The third-order valence-corrected chi connectivity index (χ3v) is 5.24. The smallest absolute Gasteiger partial charge is 0.230 e. The minimum atomic E-state index is -0.352. The highest BCUT2D eigenvalue weighted by Crippen LogP contribution is 2.33. The number of fused-ring (bicyclic) bond motifs is 1. The van der Waals surface area contributed by atoms with Gasteiger partial charge in [0.25, 0.3) is 0 Å². The molecule has 0 aliphatic carbocycles. The summed E-state index contributed by atoms with van der Waals surface area (Å²) in [6.07, 6.45) is 3.53. The van der Waals surface area contributed by atoms with Gasteiger partial charge in [0.2, 0.25) is 5.91 Å². The molecule has 0 unspecified atom stereocenters. The van der Waals surface area contributed by atoms with Crippen molar-refractivity contribution in [2.45, 2.75) is 38.3 Å². The molecule has 3 heterocycles. The number of ether oxygens (including phenoxy) is 1. The average molecular weight is 401 g/mol. The number of carbonyl (C=O) groups is 1. The van der Waals surface area contributed by atoms with Crippen molar-refractivity contribution >= 4 is 39.7 Å². The number of nitrogens with one attached hydrogen (secondary N) is 2. The van der Waals surface area contributed by atoms with Gasteiger partial charge in [0, 0.05) is 23.4 Å². The van der Waals surface area contributed by atoms with Crippen molar-refractivity contribution < 1.29 is 13.9 Å². The molecule has 1 aromatic carbocycles. The molecule has 0 radical (unpaired) electrons. The van der Waals surface area contributed by atoms with Gasteiger partial charge in [0.05, 0.1) is 41.3 Å². The zero-order valence-electron chi connectivity index (χ0n) is 15.3. The van der Waals surface area contributed by atoms with Crippen molar-refractivity contribution in [1.29, 1.82) is 0 Å². The predicted octanol–water partition coefficient (Wildman–Crippen LogP) is 3.39. The summed E-state index contributed by atoms with van der Waals surface area (Å²) in [6.45, 7) is 2.69. The number of halogens is 1. The molecule has 0 bridgehead atoms. The van der Waals surface area contributed by atoms with Crippen molar-refractivity contribution in [3.63, 3.8) is 0 Å². The Morgan fingerprint density at radius 1 is 1.43 bits per heavy atom. The second-order valence-corrected chi connectivity index (χ2v) is 7.49. The van der Waals surface area contributed by atoms with E-state index < -0.39 is 0 Å². The highest BCUT2D eigenvalue weighted by atomic mass is 32.1. The van der Waals surface area contributed by atoms with E-state index in [2.05, 4.69) is 25.2 Å². The maximum absolute atomic E-state index is 13.9. The van der Waals surface area contributed by atoms with Crippen LogP contribution in [-0.2, 0) is 16.0 Å². The van der Waals surface area contributed by atoms with Gasteiger partial charge in [-0.2, -0.15) is 0 Å². The van der Waals surface area contributed by atoms with E-state index in [1.165, 1.54) is 23.7 Å². The van der Waals surface area contributed by atoms with E-state index in [9.17, 15) is 9.18 Å². The zero-order valence-corrected chi connectivity index (χ0v) is 16.1. The Balaban J connectivity index is 1.65. The summed E-state index contributed by atoms with van der Waals surface area (Å²) < 4.78 is 23.3. The zero-order chi connectivity index (χ0) is 19.5. The number of benzene rings is 1. The summed E-state index contributed by atoms with van der Waals surface area (Å²) in [7, 11) is 0. The van der Waals surface area contributed by atoms with E-state index in [4.69, 9.17) is 4.74 Å². The Morgan fingerprint density at radius 3 is 3.11 bits per heavy atom. The fourth-order valence-electron chi connectivity index (χ4n) is 3.37. The van der Waals surface area contributed by atoms with Crippen molar-refractivity contribution in [3.8, 4) is 0 Å². The third-order valence-electron chi connectivity index (χ3n) is 4.68. The van der Waals surface area contributed by atoms with Crippen LogP contribution in [0.4, 0.5) is 15.8 Å². The number of amides is 1. The number of carbonyl (C=O) groups excluding carboxylic acids is 1. The first-order valence-corrected chi connectivity index (χ1v) is 9.94. The van der Waals surface area contributed by atoms with Crippen LogP contribution in [0.5, 0.6) is 0 Å². The van der Waals surface area contributed by atoms with Crippen LogP contribution in [0.2, 0.25) is 0 Å². The molecule has 2 atom stereocenters. The van der Waals surface area contributed by atoms with Gasteiger partial charge < -0.3 is 15.4 Å². The Kier molecular flexibility index (Phi) is 5.45. The highest BCUT2D eigenvalue weighted by molar-refractivity contribution is 7.03. The number of anilines is 2. The number of hydrogen-bond donors (Lipinski definition) is 2. The molecule has 1 saturated heterocycles. The SMILES string of the molecule is C[C@@H]1C[C@H](Nc2c(NC(=O)Cc3csnn3)cnc3ccc(F)cc23)CCO1. The highest BCUT2D eigenvalue weighted by Gasteiger charge is 2.22. The molecule has 28 heavy (non-hydrogen) atoms. The molecule has 146 valence electrons. The number of hydrogen-bond acceptors (Lipinski definition) is 7. The van der Waals surface area contributed by atoms with Crippen LogP contribution < -0.4 is 10.6 Å². The van der Waals surface area contributed by atoms with Gasteiger partial charge in [-0.3, -0.25) is 9.78 Å². The minimum absolute atomic E-state index is 0.116. The first-order chi connectivity index (χ1) is 13.6. The van der Waals surface area contributed by atoms with Crippen LogP contribution in [0.1, 0.15) is 25.5 Å². The van der Waals surface area contributed by atoms with Gasteiger partial charge in [-0.15, -0.1) is 5.10 Å². The van der Waals surface area contributed by atoms with Crippen LogP contribution in [0.25, 0.3) is 10.9 Å². The second kappa shape index (κ2) is 8.15. The standard InChI is InChI=1S/C19H20FN5O2S/c1-11-6-13(4-5-27-11)22-19-15-7-12(20)2-3-16(15)21-9-17(19)23-18(26)8-14-10-28-25-24-14/h2-3,7,9-11,13H,4-6,8H2,1H3,(H,21,22)(H,23,26)/t11-,13-/m1/s1. The monoisotopic (exact) mass is 401 g/mol. The quantitative estimate of drug-likeness (QED) is 0.681. The van der Waals surface area contributed by atoms with Crippen LogP contribution in [0.3, 0.4) is 0 Å². The summed E-state index contributed by atoms with van der Waals surface area (Å²) in [5.41, 5.74) is 2.46. The lowest BCUT2D eigenvalue weighted by atomic mass is 10.0. The van der Waals surface area contributed by atoms with E-state index >= 15 is 0 Å². The van der Waals surface area contributed by atoms with Crippen molar-refractivity contribution in [2.75, 3.05) is 17.2 Å². The summed E-state index contributed by atoms with van der Waals surface area (Å²) in [6, 6.07) is 4.61. The van der Waals surface area contributed by atoms with Crippen LogP contribution in [0, 0.1) is 5.82 Å². The maximum Gasteiger partial charge on any atom is 0.230 e. The third kappa shape index (κ3) is 4.26. The lowest BCUT2D eigenvalue weighted by molar-refractivity contribution is -0.115. The molecule has 4 rings (SSSR count). The average Bonchev–Trinajstić information content (AvgIpc) is 3.16. The van der Waals surface area contributed by atoms with E-state index in [0.29, 0.717) is 34.6 Å². The fraction of sp³-hybridized carbons (Fsp3) is 0.368. The summed E-state index contributed by atoms with van der Waals surface area (Å²) in [5, 5.41) is 12.6. The molecule has 1 fully saturated rings. The van der Waals surface area contributed by atoms with Gasteiger partial charge in [-0.1, -0.05) is 4.49 Å². The summed E-state index contributed by atoms with van der Waals surface area (Å²) in [4.78, 5) is 16.8. The topological polar surface area (TPSA) is 89.0 Å². The second-order valence-electron chi connectivity index (χ2n) is 6.88. The predicted molar refractivity (Wildman–Crippen MR) is 106 cm³/mol. The lowest BCUT2D eigenvalue weighted by Crippen LogP contribution is -2.33. The molecule has 2 aromatic heterocycles. The number of aromatic nitrogens is 3. The van der Waals surface area contributed by atoms with Gasteiger partial charge in [-0.05, 0) is 49.5 Å². The Labute approximate surface area is 165 Å². The molecular formula is C19H20FN5O2S. The Hall–Kier alpha value is -2.65. The van der Waals surface area contributed by atoms with E-state index in [-0.39, 0.29) is 30.3 Å². The van der Waals surface area contributed by atoms with Gasteiger partial charge in [0.15, 0.2) is 0 Å². The van der Waals surface area contributed by atoms with E-state index in [1.807, 2.05) is 6.92 Å². The van der Waals surface area contributed by atoms with Crippen LogP contribution >= 0.6 is 11.5 Å². The molecule has 2 N–H and O–H groups in total. The lowest BCUT2D eigenvalue weighted by Gasteiger charge is -2.30. The Bertz CT molecular complexity index is 982. The molecule has 0 spiro atoms. The van der Waals surface area contributed by atoms with Crippen molar-refractivity contribution in [1.82, 2.24) is 14.6 Å². The first-order valence-electron chi connectivity index (χ1n) is 9.10. The molecule has 0 saturated carbocycles. The van der Waals surface area contributed by atoms with Gasteiger partial charge in [-0.25, -0.2) is 4.39 Å². The molecule has 1 aliphatic heterocycles. The first kappa shape index (κ1) is 18.7. The van der Waals surface area contributed by atoms with Crippen LogP contribution in [-0.4, -0.2) is 39.2 Å². The fourth-order valence-corrected chi connectivity index (χ4v) is 3.82. The molecule has 1 amide bonds. The molecule has 9 heteroatoms. The maximum atomic E-state index is 13.9. The van der Waals surface area contributed by atoms with Gasteiger partial charge >= 0.3 is 0 Å². The van der Waals surface area contributed by atoms with E-state index in [0.717, 1.165) is 12.8 Å². The molecule has 3 aromatic rings. The number of nitrogens with zero attached hydrogens (tertiary/aromatic N) is 3. The summed E-state index contributed by atoms with van der Waals surface area (Å²) in [5.74, 6) is -0.580. The van der Waals surface area contributed by atoms with Crippen LogP contribution in [0.15, 0.2) is 29.8 Å². The van der Waals surface area contributed by atoms with E-state index in [1.54, 1.807) is 17.6 Å². The summed E-state index contributed by atoms with van der Waals surface area (Å²) >= 11 is 1.20.